The van der Waals surface area contributed by atoms with Crippen molar-refractivity contribution in [3.63, 3.8) is 0 Å². The van der Waals surface area contributed by atoms with E-state index < -0.39 is 0 Å². The summed E-state index contributed by atoms with van der Waals surface area (Å²) in [6, 6.07) is 45.5. The van der Waals surface area contributed by atoms with Gasteiger partial charge < -0.3 is 0 Å². The summed E-state index contributed by atoms with van der Waals surface area (Å²) >= 11 is 0. The van der Waals surface area contributed by atoms with Crippen LogP contribution in [-0.4, -0.2) is 29.9 Å². The standard InChI is InChI=1S/C58H53N7/c1-37-21-20-30-44(50(37)56-63-52(39-24-12-9-13-25-39)62-55(65-56)47-29-17-19-32-49(47)58(5,6)7)43-34-33-40(35-41(43)36-59)42-26-14-15-27-45(42)53-60-51(38-22-10-8-11-23-38)61-54(64-53)46-28-16-18-31-48(46)57(2,3)4/h8-17,19-20,22-30,32-35,37H,18,21,31H2,1-7H3. The largest absolute Gasteiger partial charge is 0.208 e. The van der Waals surface area contributed by atoms with Crippen molar-refractivity contribution < 1.29 is 0 Å². The smallest absolute Gasteiger partial charge is 0.164 e. The Hall–Kier alpha value is -7.43. The molecule has 0 fully saturated rings. The van der Waals surface area contributed by atoms with E-state index in [9.17, 15) is 5.26 Å². The number of nitrogens with zero attached hydrogens (tertiary/aromatic N) is 7. The predicted molar refractivity (Wildman–Crippen MR) is 265 cm³/mol. The van der Waals surface area contributed by atoms with Crippen molar-refractivity contribution >= 4 is 16.7 Å². The number of nitriles is 1. The van der Waals surface area contributed by atoms with E-state index in [1.807, 2.05) is 84.9 Å². The van der Waals surface area contributed by atoms with E-state index >= 15 is 0 Å². The third-order valence-corrected chi connectivity index (χ3v) is 12.3. The Morgan fingerprint density at radius 2 is 1.03 bits per heavy atom. The van der Waals surface area contributed by atoms with E-state index in [1.54, 1.807) is 0 Å². The van der Waals surface area contributed by atoms with Crippen LogP contribution in [0.4, 0.5) is 0 Å². The highest BCUT2D eigenvalue weighted by Crippen LogP contribution is 2.43. The third kappa shape index (κ3) is 8.77. The number of benzene rings is 5. The molecule has 0 spiro atoms. The number of aromatic nitrogens is 6. The summed E-state index contributed by atoms with van der Waals surface area (Å²) in [5.74, 6) is 3.77. The summed E-state index contributed by atoms with van der Waals surface area (Å²) in [4.78, 5) is 31.1. The molecule has 65 heavy (non-hydrogen) atoms. The molecule has 1 atom stereocenters. The number of hydrogen-bond donors (Lipinski definition) is 0. The van der Waals surface area contributed by atoms with Crippen molar-refractivity contribution in [1.82, 2.24) is 29.9 Å². The molecule has 2 heterocycles. The van der Waals surface area contributed by atoms with Gasteiger partial charge in [0.15, 0.2) is 34.9 Å². The first-order valence-electron chi connectivity index (χ1n) is 22.6. The van der Waals surface area contributed by atoms with Crippen molar-refractivity contribution in [3.8, 4) is 62.7 Å². The van der Waals surface area contributed by atoms with E-state index in [0.29, 0.717) is 40.5 Å². The van der Waals surface area contributed by atoms with Crippen molar-refractivity contribution in [2.24, 2.45) is 11.3 Å². The van der Waals surface area contributed by atoms with Crippen LogP contribution in [0.3, 0.4) is 0 Å². The molecule has 0 radical (unpaired) electrons. The van der Waals surface area contributed by atoms with Gasteiger partial charge in [-0.2, -0.15) is 5.26 Å². The fourth-order valence-corrected chi connectivity index (χ4v) is 9.06. The molecule has 0 bridgehead atoms. The normalized spacial score (nSPS) is 15.3. The van der Waals surface area contributed by atoms with Gasteiger partial charge in [0.1, 0.15) is 0 Å². The zero-order valence-corrected chi connectivity index (χ0v) is 38.3. The first-order chi connectivity index (χ1) is 31.4. The van der Waals surface area contributed by atoms with Gasteiger partial charge in [-0.15, -0.1) is 0 Å². The van der Waals surface area contributed by atoms with Gasteiger partial charge in [-0.05, 0) is 69.9 Å². The Kier molecular flexibility index (Phi) is 11.6. The van der Waals surface area contributed by atoms with Gasteiger partial charge in [-0.1, -0.05) is 200 Å². The maximum absolute atomic E-state index is 11.0. The SMILES string of the molecule is CC1CC=CC(c2ccc(-c3ccccc3-c3nc(C4=C(C(C)(C)C)CCC=C4)nc(-c4ccccc4)n3)cc2C#N)=C1c1nc(-c2ccccc2)nc(-c2ccccc2C(C)(C)C)n1. The second-order valence-electron chi connectivity index (χ2n) is 19.0. The molecule has 0 saturated heterocycles. The van der Waals surface area contributed by atoms with E-state index in [4.69, 9.17) is 29.9 Å². The van der Waals surface area contributed by atoms with Gasteiger partial charge in [0.05, 0.1) is 11.6 Å². The molecule has 0 N–H and O–H groups in total. The van der Waals surface area contributed by atoms with Crippen LogP contribution in [0.5, 0.6) is 0 Å². The summed E-state index contributed by atoms with van der Waals surface area (Å²) in [6.07, 6.45) is 11.5. The van der Waals surface area contributed by atoms with Crippen molar-refractivity contribution in [1.29, 1.82) is 5.26 Å². The van der Waals surface area contributed by atoms with Crippen molar-refractivity contribution in [2.45, 2.75) is 73.1 Å². The zero-order valence-electron chi connectivity index (χ0n) is 38.3. The summed E-state index contributed by atoms with van der Waals surface area (Å²) < 4.78 is 0. The second kappa shape index (κ2) is 17.6. The molecule has 2 aliphatic carbocycles. The molecular formula is C58H53N7. The summed E-state index contributed by atoms with van der Waals surface area (Å²) in [6.45, 7) is 15.6. The Labute approximate surface area is 383 Å². The average molecular weight is 848 g/mol. The molecule has 0 amide bonds. The first kappa shape index (κ1) is 42.9. The molecular weight excluding hydrogens is 795 g/mol. The molecule has 7 aromatic rings. The maximum atomic E-state index is 11.0. The lowest BCUT2D eigenvalue weighted by Gasteiger charge is -2.27. The Morgan fingerprint density at radius 3 is 1.68 bits per heavy atom. The van der Waals surface area contributed by atoms with Crippen LogP contribution >= 0.6 is 0 Å². The van der Waals surface area contributed by atoms with Gasteiger partial charge in [0.2, 0.25) is 0 Å². The maximum Gasteiger partial charge on any atom is 0.164 e. The van der Waals surface area contributed by atoms with Crippen LogP contribution in [0.15, 0.2) is 157 Å². The van der Waals surface area contributed by atoms with Gasteiger partial charge in [0.25, 0.3) is 0 Å². The zero-order chi connectivity index (χ0) is 45.3. The minimum absolute atomic E-state index is 0.0541. The monoisotopic (exact) mass is 847 g/mol. The van der Waals surface area contributed by atoms with Crippen LogP contribution in [0, 0.1) is 22.7 Å². The van der Waals surface area contributed by atoms with Crippen LogP contribution in [-0.2, 0) is 5.41 Å². The number of rotatable bonds is 8. The summed E-state index contributed by atoms with van der Waals surface area (Å²) in [5.41, 5.74) is 12.1. The Balaban J connectivity index is 1.20. The highest BCUT2D eigenvalue weighted by atomic mass is 15.0. The number of hydrogen-bond acceptors (Lipinski definition) is 7. The molecule has 320 valence electrons. The molecule has 7 heteroatoms. The molecule has 1 unspecified atom stereocenters. The molecule has 5 aromatic carbocycles. The molecule has 0 saturated carbocycles. The fourth-order valence-electron chi connectivity index (χ4n) is 9.06. The lowest BCUT2D eigenvalue weighted by Crippen LogP contribution is -2.15. The molecule has 9 rings (SSSR count). The van der Waals surface area contributed by atoms with E-state index in [-0.39, 0.29) is 16.7 Å². The topological polar surface area (TPSA) is 101 Å². The summed E-state index contributed by atoms with van der Waals surface area (Å²) in [5, 5.41) is 11.0. The van der Waals surface area contributed by atoms with Crippen LogP contribution < -0.4 is 0 Å². The first-order valence-corrected chi connectivity index (χ1v) is 22.6. The van der Waals surface area contributed by atoms with E-state index in [0.717, 1.165) is 80.5 Å². The highest BCUT2D eigenvalue weighted by Gasteiger charge is 2.28. The minimum Gasteiger partial charge on any atom is -0.208 e. The predicted octanol–water partition coefficient (Wildman–Crippen LogP) is 14.2. The number of allylic oxidation sites excluding steroid dienone is 8. The molecule has 2 aliphatic rings. The third-order valence-electron chi connectivity index (χ3n) is 12.3. The van der Waals surface area contributed by atoms with Gasteiger partial charge in [-0.25, -0.2) is 29.9 Å². The van der Waals surface area contributed by atoms with Gasteiger partial charge in [0, 0.05) is 33.4 Å². The molecule has 2 aromatic heterocycles. The van der Waals surface area contributed by atoms with E-state index in [1.165, 1.54) is 5.57 Å². The summed E-state index contributed by atoms with van der Waals surface area (Å²) in [7, 11) is 0. The van der Waals surface area contributed by atoms with Crippen LogP contribution in [0.25, 0.3) is 73.4 Å². The second-order valence-corrected chi connectivity index (χ2v) is 19.0. The fraction of sp³-hybridized carbons (Fsp3) is 0.224. The molecule has 0 aliphatic heterocycles. The minimum atomic E-state index is -0.139. The lowest BCUT2D eigenvalue weighted by molar-refractivity contribution is 0.483. The Bertz CT molecular complexity index is 3100. The van der Waals surface area contributed by atoms with Crippen LogP contribution in [0.2, 0.25) is 0 Å². The Morgan fingerprint density at radius 1 is 0.492 bits per heavy atom. The lowest BCUT2D eigenvalue weighted by atomic mass is 9.78. The van der Waals surface area contributed by atoms with Crippen molar-refractivity contribution in [3.05, 3.63) is 186 Å². The average Bonchev–Trinajstić information content (AvgIpc) is 3.33. The van der Waals surface area contributed by atoms with E-state index in [2.05, 4.69) is 121 Å². The quantitative estimate of drug-likeness (QED) is 0.150. The van der Waals surface area contributed by atoms with Gasteiger partial charge in [-0.3, -0.25) is 0 Å². The van der Waals surface area contributed by atoms with Gasteiger partial charge >= 0.3 is 0 Å². The van der Waals surface area contributed by atoms with Crippen LogP contribution in [0.1, 0.15) is 96.1 Å². The highest BCUT2D eigenvalue weighted by molar-refractivity contribution is 5.98. The van der Waals surface area contributed by atoms with Crippen molar-refractivity contribution in [2.75, 3.05) is 0 Å². The molecule has 7 nitrogen and oxygen atoms in total.